The Hall–Kier alpha value is -3.13. The third-order valence-electron chi connectivity index (χ3n) is 5.49. The van der Waals surface area contributed by atoms with Gasteiger partial charge in [0.2, 0.25) is 0 Å². The summed E-state index contributed by atoms with van der Waals surface area (Å²) < 4.78 is 1.94. The van der Waals surface area contributed by atoms with Crippen LogP contribution in [0.5, 0.6) is 0 Å². The molecule has 0 aliphatic heterocycles. The third-order valence-corrected chi connectivity index (χ3v) is 7.19. The van der Waals surface area contributed by atoms with E-state index in [1.165, 1.54) is 11.3 Å². The van der Waals surface area contributed by atoms with Crippen LogP contribution in [-0.2, 0) is 4.79 Å². The second-order valence-corrected chi connectivity index (χ2v) is 10.1. The van der Waals surface area contributed by atoms with E-state index in [-0.39, 0.29) is 24.9 Å². The molecular formula is C26H23Cl2N3O3S. The van der Waals surface area contributed by atoms with Gasteiger partial charge in [-0.05, 0) is 55.8 Å². The minimum atomic E-state index is -0.954. The van der Waals surface area contributed by atoms with Crippen molar-refractivity contribution in [1.82, 2.24) is 15.1 Å². The molecule has 1 atom stereocenters. The Balaban J connectivity index is 1.69. The molecule has 0 saturated heterocycles. The van der Waals surface area contributed by atoms with Crippen molar-refractivity contribution < 1.29 is 14.7 Å². The number of carbonyl (C=O) groups is 2. The molecular weight excluding hydrogens is 505 g/mol. The van der Waals surface area contributed by atoms with Crippen LogP contribution in [0.3, 0.4) is 0 Å². The smallest absolute Gasteiger partial charge is 0.305 e. The van der Waals surface area contributed by atoms with Gasteiger partial charge in [0.05, 0.1) is 28.7 Å². The van der Waals surface area contributed by atoms with Crippen LogP contribution >= 0.6 is 34.5 Å². The van der Waals surface area contributed by atoms with Gasteiger partial charge in [-0.1, -0.05) is 53.0 Å². The van der Waals surface area contributed by atoms with Crippen LogP contribution in [0, 0.1) is 6.92 Å². The van der Waals surface area contributed by atoms with Gasteiger partial charge in [0.15, 0.2) is 0 Å². The summed E-state index contributed by atoms with van der Waals surface area (Å²) in [5.74, 6) is -1.24. The lowest BCUT2D eigenvalue weighted by Gasteiger charge is -2.15. The predicted octanol–water partition coefficient (Wildman–Crippen LogP) is 6.71. The molecule has 2 aromatic heterocycles. The highest BCUT2D eigenvalue weighted by molar-refractivity contribution is 7.14. The van der Waals surface area contributed by atoms with Crippen molar-refractivity contribution in [3.05, 3.63) is 86.0 Å². The minimum absolute atomic E-state index is 0.0826. The van der Waals surface area contributed by atoms with Gasteiger partial charge < -0.3 is 10.4 Å². The zero-order valence-electron chi connectivity index (χ0n) is 19.1. The third kappa shape index (κ3) is 5.93. The van der Waals surface area contributed by atoms with Crippen molar-refractivity contribution in [2.45, 2.75) is 26.3 Å². The molecule has 0 aliphatic carbocycles. The number of amides is 1. The summed E-state index contributed by atoms with van der Waals surface area (Å²) in [7, 11) is 0. The number of carboxylic acid groups (broad SMARTS) is 1. The Morgan fingerprint density at radius 2 is 1.71 bits per heavy atom. The molecule has 0 bridgehead atoms. The van der Waals surface area contributed by atoms with Crippen LogP contribution < -0.4 is 5.32 Å². The molecule has 35 heavy (non-hydrogen) atoms. The lowest BCUT2D eigenvalue weighted by atomic mass is 10.1. The number of thiophene rings is 1. The van der Waals surface area contributed by atoms with Crippen molar-refractivity contribution in [2.75, 3.05) is 6.54 Å². The summed E-state index contributed by atoms with van der Waals surface area (Å²) >= 11 is 13.8. The van der Waals surface area contributed by atoms with Crippen molar-refractivity contribution in [3.63, 3.8) is 0 Å². The van der Waals surface area contributed by atoms with Gasteiger partial charge in [-0.25, -0.2) is 0 Å². The number of nitrogens with zero attached hydrogens (tertiary/aromatic N) is 2. The van der Waals surface area contributed by atoms with E-state index in [1.54, 1.807) is 12.1 Å². The number of carboxylic acids is 1. The maximum Gasteiger partial charge on any atom is 0.305 e. The van der Waals surface area contributed by atoms with Crippen molar-refractivity contribution in [2.24, 2.45) is 0 Å². The highest BCUT2D eigenvalue weighted by atomic mass is 35.5. The summed E-state index contributed by atoms with van der Waals surface area (Å²) in [6, 6.07) is 19.1. The lowest BCUT2D eigenvalue weighted by molar-refractivity contribution is -0.136. The first-order valence-corrected chi connectivity index (χ1v) is 12.5. The Kier molecular flexibility index (Phi) is 7.60. The number of carbonyl (C=O) groups excluding carboxylic acids is 1. The Morgan fingerprint density at radius 3 is 2.37 bits per heavy atom. The van der Waals surface area contributed by atoms with Gasteiger partial charge in [-0.3, -0.25) is 14.3 Å². The number of hydrogen-bond donors (Lipinski definition) is 2. The van der Waals surface area contributed by atoms with Crippen molar-refractivity contribution in [1.29, 1.82) is 0 Å². The maximum absolute atomic E-state index is 12.4. The Morgan fingerprint density at radius 1 is 1.03 bits per heavy atom. The molecule has 2 heterocycles. The molecule has 2 N–H and O–H groups in total. The fraction of sp³-hybridized carbons (Fsp3) is 0.192. The van der Waals surface area contributed by atoms with E-state index in [0.717, 1.165) is 33.0 Å². The summed E-state index contributed by atoms with van der Waals surface area (Å²) in [6.07, 6.45) is -0.121. The molecule has 1 unspecified atom stereocenters. The number of halogens is 2. The number of benzene rings is 2. The normalized spacial score (nSPS) is 11.9. The van der Waals surface area contributed by atoms with E-state index in [2.05, 4.69) is 29.6 Å². The monoisotopic (exact) mass is 527 g/mol. The molecule has 0 fully saturated rings. The van der Waals surface area contributed by atoms with Crippen molar-refractivity contribution in [3.8, 4) is 22.5 Å². The van der Waals surface area contributed by atoms with Gasteiger partial charge >= 0.3 is 5.97 Å². The highest BCUT2D eigenvalue weighted by Crippen LogP contribution is 2.35. The summed E-state index contributed by atoms with van der Waals surface area (Å²) in [5.41, 5.74) is 4.64. The lowest BCUT2D eigenvalue weighted by Crippen LogP contribution is -2.25. The van der Waals surface area contributed by atoms with Gasteiger partial charge in [0.1, 0.15) is 0 Å². The molecule has 0 spiro atoms. The van der Waals surface area contributed by atoms with E-state index in [0.29, 0.717) is 14.9 Å². The van der Waals surface area contributed by atoms with E-state index in [1.807, 2.05) is 42.8 Å². The van der Waals surface area contributed by atoms with Crippen LogP contribution in [0.2, 0.25) is 10.0 Å². The molecule has 0 aliphatic rings. The number of aliphatic carboxylic acids is 1. The van der Waals surface area contributed by atoms with Crippen LogP contribution in [-0.4, -0.2) is 33.3 Å². The van der Waals surface area contributed by atoms with Crippen molar-refractivity contribution >= 4 is 46.4 Å². The predicted molar refractivity (Wildman–Crippen MR) is 141 cm³/mol. The Bertz CT molecular complexity index is 1360. The van der Waals surface area contributed by atoms with E-state index >= 15 is 0 Å². The van der Waals surface area contributed by atoms with E-state index < -0.39 is 5.97 Å². The molecule has 180 valence electrons. The number of aryl methyl sites for hydroxylation is 1. The van der Waals surface area contributed by atoms with Gasteiger partial charge in [0.25, 0.3) is 5.91 Å². The molecule has 2 aromatic carbocycles. The van der Waals surface area contributed by atoms with E-state index in [9.17, 15) is 9.59 Å². The average Bonchev–Trinajstić information content (AvgIpc) is 3.46. The average molecular weight is 528 g/mol. The van der Waals surface area contributed by atoms with E-state index in [4.69, 9.17) is 33.4 Å². The van der Waals surface area contributed by atoms with Gasteiger partial charge in [-0.15, -0.1) is 11.3 Å². The summed E-state index contributed by atoms with van der Waals surface area (Å²) in [5, 5.41) is 17.4. The van der Waals surface area contributed by atoms with Crippen LogP contribution in [0.15, 0.2) is 60.7 Å². The van der Waals surface area contributed by atoms with Crippen LogP contribution in [0.1, 0.15) is 39.5 Å². The molecule has 4 rings (SSSR count). The molecule has 0 saturated carbocycles. The highest BCUT2D eigenvalue weighted by Gasteiger charge is 2.20. The topological polar surface area (TPSA) is 84.2 Å². The number of rotatable bonds is 8. The minimum Gasteiger partial charge on any atom is -0.481 e. The fourth-order valence-electron chi connectivity index (χ4n) is 3.66. The maximum atomic E-state index is 12.4. The standard InChI is InChI=1S/C26H23Cl2N3O3S/c1-15-3-5-17(6-4-15)22-14-21(18-11-19(27)13-20(28)12-18)30-31(22)16(2)23-7-8-24(35-23)26(34)29-10-9-25(32)33/h3-8,11-14,16H,9-10H2,1-2H3,(H,29,34)(H,32,33). The van der Waals surface area contributed by atoms with Crippen LogP contribution in [0.4, 0.5) is 0 Å². The quantitative estimate of drug-likeness (QED) is 0.266. The fourth-order valence-corrected chi connectivity index (χ4v) is 5.15. The number of hydrogen-bond acceptors (Lipinski definition) is 4. The zero-order chi connectivity index (χ0) is 25.1. The SMILES string of the molecule is Cc1ccc(-c2cc(-c3cc(Cl)cc(Cl)c3)nn2C(C)c2ccc(C(=O)NCCC(=O)O)s2)cc1. The molecule has 6 nitrogen and oxygen atoms in total. The number of nitrogens with one attached hydrogen (secondary N) is 1. The first kappa shape index (κ1) is 25.0. The van der Waals surface area contributed by atoms with Crippen LogP contribution in [0.25, 0.3) is 22.5 Å². The molecule has 0 radical (unpaired) electrons. The number of aromatic nitrogens is 2. The van der Waals surface area contributed by atoms with Gasteiger partial charge in [-0.2, -0.15) is 5.10 Å². The zero-order valence-corrected chi connectivity index (χ0v) is 21.4. The summed E-state index contributed by atoms with van der Waals surface area (Å²) in [4.78, 5) is 24.6. The summed E-state index contributed by atoms with van der Waals surface area (Å²) in [6.45, 7) is 4.15. The molecule has 1 amide bonds. The molecule has 9 heteroatoms. The van der Waals surface area contributed by atoms with Gasteiger partial charge in [0, 0.05) is 27.0 Å². The molecule has 4 aromatic rings. The first-order valence-electron chi connectivity index (χ1n) is 10.9. The first-order chi connectivity index (χ1) is 16.7. The second kappa shape index (κ2) is 10.6. The Labute approximate surface area is 217 Å². The second-order valence-electron chi connectivity index (χ2n) is 8.16. The largest absolute Gasteiger partial charge is 0.481 e.